The fraction of sp³-hybridized carbons (Fsp3) is 0.240. The van der Waals surface area contributed by atoms with Crippen molar-refractivity contribution in [3.63, 3.8) is 0 Å². The van der Waals surface area contributed by atoms with Gasteiger partial charge in [-0.15, -0.1) is 5.10 Å². The van der Waals surface area contributed by atoms with Crippen molar-refractivity contribution in [2.75, 3.05) is 5.32 Å². The number of carbonyl (C=O) groups excluding carboxylic acids is 1. The van der Waals surface area contributed by atoms with E-state index < -0.39 is 5.91 Å². The third kappa shape index (κ3) is 5.63. The van der Waals surface area contributed by atoms with E-state index in [4.69, 9.17) is 9.15 Å². The number of aryl methyl sites for hydroxylation is 2. The molecule has 164 valence electrons. The first-order valence-electron chi connectivity index (χ1n) is 10.7. The normalized spacial score (nSPS) is 10.8. The fourth-order valence-electron chi connectivity index (χ4n) is 3.36. The van der Waals surface area contributed by atoms with Gasteiger partial charge < -0.3 is 9.15 Å². The Bertz CT molecular complexity index is 1180. The van der Waals surface area contributed by atoms with Crippen LogP contribution in [-0.4, -0.2) is 20.7 Å². The summed E-state index contributed by atoms with van der Waals surface area (Å²) >= 11 is 0. The molecule has 0 bridgehead atoms. The molecule has 2 aromatic heterocycles. The van der Waals surface area contributed by atoms with Gasteiger partial charge in [0, 0.05) is 0 Å². The highest BCUT2D eigenvalue weighted by Gasteiger charge is 2.14. The molecular weight excluding hydrogens is 404 g/mol. The number of benzene rings is 2. The van der Waals surface area contributed by atoms with Crippen molar-refractivity contribution in [1.29, 1.82) is 0 Å². The van der Waals surface area contributed by atoms with Crippen LogP contribution in [-0.2, 0) is 19.6 Å². The molecule has 0 aliphatic carbocycles. The summed E-state index contributed by atoms with van der Waals surface area (Å²) in [6.07, 6.45) is 3.75. The summed E-state index contributed by atoms with van der Waals surface area (Å²) in [6.45, 7) is 5.01. The minimum atomic E-state index is -0.409. The van der Waals surface area contributed by atoms with Crippen LogP contribution in [0.2, 0.25) is 0 Å². The van der Waals surface area contributed by atoms with Gasteiger partial charge in [-0.1, -0.05) is 55.3 Å². The van der Waals surface area contributed by atoms with Crippen molar-refractivity contribution in [3.8, 4) is 5.75 Å². The largest absolute Gasteiger partial charge is 0.486 e. The van der Waals surface area contributed by atoms with E-state index in [0.717, 1.165) is 24.2 Å². The lowest BCUT2D eigenvalue weighted by atomic mass is 10.1. The maximum Gasteiger partial charge on any atom is 0.293 e. The van der Waals surface area contributed by atoms with Crippen molar-refractivity contribution in [2.45, 2.75) is 39.8 Å². The Hall–Kier alpha value is -3.87. The summed E-state index contributed by atoms with van der Waals surface area (Å²) in [5.41, 5.74) is 3.58. The van der Waals surface area contributed by atoms with Gasteiger partial charge in [0.05, 0.1) is 6.54 Å². The lowest BCUT2D eigenvalue weighted by molar-refractivity contribution is 0.0991. The average Bonchev–Trinajstić information content (AvgIpc) is 3.43. The molecule has 7 heteroatoms. The quantitative estimate of drug-likeness (QED) is 0.404. The topological polar surface area (TPSA) is 82.2 Å². The van der Waals surface area contributed by atoms with Gasteiger partial charge in [-0.2, -0.15) is 0 Å². The van der Waals surface area contributed by atoms with Gasteiger partial charge in [0.15, 0.2) is 5.76 Å². The molecule has 32 heavy (non-hydrogen) atoms. The minimum absolute atomic E-state index is 0.178. The van der Waals surface area contributed by atoms with Gasteiger partial charge in [-0.05, 0) is 48.7 Å². The zero-order valence-corrected chi connectivity index (χ0v) is 18.2. The van der Waals surface area contributed by atoms with Gasteiger partial charge in [-0.25, -0.2) is 9.67 Å². The fourth-order valence-corrected chi connectivity index (χ4v) is 3.36. The van der Waals surface area contributed by atoms with Crippen LogP contribution >= 0.6 is 0 Å². The van der Waals surface area contributed by atoms with Crippen molar-refractivity contribution < 1.29 is 13.9 Å². The van der Waals surface area contributed by atoms with E-state index in [2.05, 4.69) is 40.5 Å². The highest BCUT2D eigenvalue weighted by Crippen LogP contribution is 2.17. The van der Waals surface area contributed by atoms with Crippen LogP contribution in [0.3, 0.4) is 0 Å². The number of furan rings is 1. The van der Waals surface area contributed by atoms with Crippen LogP contribution in [0.25, 0.3) is 0 Å². The standard InChI is InChI=1S/C25H26N4O3/c1-3-5-19-8-10-21(11-9-19)31-16-22-12-13-23(32-22)24(30)27-25-26-17-29(28-25)15-20-7-4-6-18(2)14-20/h4,6-14,17H,3,5,15-16H2,1-2H3,(H,27,28,30). The van der Waals surface area contributed by atoms with E-state index in [-0.39, 0.29) is 18.3 Å². The molecule has 4 aromatic rings. The molecule has 0 atom stereocenters. The number of amides is 1. The second-order valence-electron chi connectivity index (χ2n) is 7.66. The van der Waals surface area contributed by atoms with Gasteiger partial charge in [0.25, 0.3) is 5.91 Å². The zero-order chi connectivity index (χ0) is 22.3. The number of rotatable bonds is 9. The molecule has 0 unspecified atom stereocenters. The van der Waals surface area contributed by atoms with Crippen LogP contribution in [0.5, 0.6) is 5.75 Å². The van der Waals surface area contributed by atoms with Crippen molar-refractivity contribution in [1.82, 2.24) is 14.8 Å². The lowest BCUT2D eigenvalue weighted by Crippen LogP contribution is -2.12. The number of aromatic nitrogens is 3. The molecule has 1 amide bonds. The van der Waals surface area contributed by atoms with Crippen LogP contribution in [0.1, 0.15) is 46.3 Å². The third-order valence-electron chi connectivity index (χ3n) is 4.92. The summed E-state index contributed by atoms with van der Waals surface area (Å²) < 4.78 is 13.0. The minimum Gasteiger partial charge on any atom is -0.486 e. The van der Waals surface area contributed by atoms with Crippen LogP contribution in [0.4, 0.5) is 5.95 Å². The SMILES string of the molecule is CCCc1ccc(OCc2ccc(C(=O)Nc3ncn(Cc4cccc(C)c4)n3)o2)cc1. The molecule has 2 aromatic carbocycles. The van der Waals surface area contributed by atoms with E-state index in [9.17, 15) is 4.79 Å². The van der Waals surface area contributed by atoms with Crippen molar-refractivity contribution in [3.05, 3.63) is 95.2 Å². The zero-order valence-electron chi connectivity index (χ0n) is 18.2. The van der Waals surface area contributed by atoms with Crippen LogP contribution in [0.15, 0.2) is 71.4 Å². The summed E-state index contributed by atoms with van der Waals surface area (Å²) in [5.74, 6) is 1.32. The van der Waals surface area contributed by atoms with Gasteiger partial charge in [-0.3, -0.25) is 10.1 Å². The van der Waals surface area contributed by atoms with E-state index >= 15 is 0 Å². The van der Waals surface area contributed by atoms with Crippen molar-refractivity contribution >= 4 is 11.9 Å². The van der Waals surface area contributed by atoms with Gasteiger partial charge in [0.1, 0.15) is 24.4 Å². The van der Waals surface area contributed by atoms with E-state index in [1.165, 1.54) is 11.1 Å². The second-order valence-corrected chi connectivity index (χ2v) is 7.66. The number of anilines is 1. The highest BCUT2D eigenvalue weighted by molar-refractivity contribution is 6.01. The molecule has 0 saturated carbocycles. The molecule has 0 radical (unpaired) electrons. The van der Waals surface area contributed by atoms with Crippen molar-refractivity contribution in [2.24, 2.45) is 0 Å². The number of nitrogens with zero attached hydrogens (tertiary/aromatic N) is 3. The average molecular weight is 431 g/mol. The summed E-state index contributed by atoms with van der Waals surface area (Å²) in [7, 11) is 0. The Kier molecular flexibility index (Phi) is 6.65. The van der Waals surface area contributed by atoms with E-state index in [0.29, 0.717) is 12.3 Å². The summed E-state index contributed by atoms with van der Waals surface area (Å²) in [6, 6.07) is 19.5. The maximum atomic E-state index is 12.5. The Balaban J connectivity index is 1.30. The monoisotopic (exact) mass is 430 g/mol. The molecule has 0 saturated heterocycles. The third-order valence-corrected chi connectivity index (χ3v) is 4.92. The molecule has 0 fully saturated rings. The Labute approximate surface area is 187 Å². The summed E-state index contributed by atoms with van der Waals surface area (Å²) in [5, 5.41) is 6.98. The van der Waals surface area contributed by atoms with E-state index in [1.54, 1.807) is 23.1 Å². The molecule has 0 aliphatic heterocycles. The first-order valence-corrected chi connectivity index (χ1v) is 10.7. The summed E-state index contributed by atoms with van der Waals surface area (Å²) in [4.78, 5) is 16.6. The van der Waals surface area contributed by atoms with E-state index in [1.807, 2.05) is 37.3 Å². The molecule has 1 N–H and O–H groups in total. The molecule has 7 nitrogen and oxygen atoms in total. The first-order chi connectivity index (χ1) is 15.6. The number of ether oxygens (including phenoxy) is 1. The van der Waals surface area contributed by atoms with Gasteiger partial charge in [0.2, 0.25) is 5.95 Å². The smallest absolute Gasteiger partial charge is 0.293 e. The maximum absolute atomic E-state index is 12.5. The van der Waals surface area contributed by atoms with Crippen LogP contribution in [0, 0.1) is 6.92 Å². The van der Waals surface area contributed by atoms with Gasteiger partial charge >= 0.3 is 0 Å². The Morgan fingerprint density at radius 1 is 1.09 bits per heavy atom. The molecule has 2 heterocycles. The number of carbonyl (C=O) groups is 1. The Morgan fingerprint density at radius 2 is 1.94 bits per heavy atom. The van der Waals surface area contributed by atoms with Crippen LogP contribution < -0.4 is 10.1 Å². The molecule has 0 aliphatic rings. The molecular formula is C25H26N4O3. The predicted octanol–water partition coefficient (Wildman–Crippen LogP) is 5.01. The first kappa shape index (κ1) is 21.4. The number of nitrogens with one attached hydrogen (secondary N) is 1. The second kappa shape index (κ2) is 9.96. The number of hydrogen-bond acceptors (Lipinski definition) is 5. The predicted molar refractivity (Wildman–Crippen MR) is 122 cm³/mol. The lowest BCUT2D eigenvalue weighted by Gasteiger charge is -2.05. The molecule has 4 rings (SSSR count). The number of hydrogen-bond donors (Lipinski definition) is 1. The highest BCUT2D eigenvalue weighted by atomic mass is 16.5. The molecule has 0 spiro atoms. The Morgan fingerprint density at radius 3 is 2.72 bits per heavy atom.